The predicted molar refractivity (Wildman–Crippen MR) is 110 cm³/mol. The largest absolute Gasteiger partial charge is 0.461 e. The number of allylic oxidation sites excluding steroid dienone is 1. The fourth-order valence-electron chi connectivity index (χ4n) is 6.26. The lowest BCUT2D eigenvalue weighted by Gasteiger charge is -2.49. The molecule has 0 aromatic carbocycles. The zero-order chi connectivity index (χ0) is 23.7. The van der Waals surface area contributed by atoms with Crippen molar-refractivity contribution in [2.75, 3.05) is 0 Å². The summed E-state index contributed by atoms with van der Waals surface area (Å²) < 4.78 is 11.4. The van der Waals surface area contributed by atoms with Crippen molar-refractivity contribution < 1.29 is 39.2 Å². The molecule has 0 amide bonds. The van der Waals surface area contributed by atoms with Gasteiger partial charge in [0.2, 0.25) is 0 Å². The van der Waals surface area contributed by atoms with Gasteiger partial charge in [-0.1, -0.05) is 13.5 Å². The molecule has 31 heavy (non-hydrogen) atoms. The molecule has 8 heteroatoms. The second-order valence-corrected chi connectivity index (χ2v) is 9.95. The van der Waals surface area contributed by atoms with Crippen molar-refractivity contribution in [1.29, 1.82) is 0 Å². The summed E-state index contributed by atoms with van der Waals surface area (Å²) >= 11 is 0. The fourth-order valence-corrected chi connectivity index (χ4v) is 6.26. The number of rotatable bonds is 3. The number of ether oxygens (including phenoxy) is 2. The summed E-state index contributed by atoms with van der Waals surface area (Å²) in [5.41, 5.74) is -3.37. The van der Waals surface area contributed by atoms with Crippen molar-refractivity contribution in [2.24, 2.45) is 16.7 Å². The van der Waals surface area contributed by atoms with Gasteiger partial charge in [0.15, 0.2) is 5.78 Å². The lowest BCUT2D eigenvalue weighted by atomic mass is 9.60. The lowest BCUT2D eigenvalue weighted by molar-refractivity contribution is -0.179. The van der Waals surface area contributed by atoms with Crippen LogP contribution in [-0.4, -0.2) is 63.1 Å². The molecular weight excluding hydrogens is 404 g/mol. The predicted octanol–water partition coefficient (Wildman–Crippen LogP) is 1.21. The van der Waals surface area contributed by atoms with Gasteiger partial charge < -0.3 is 24.8 Å². The number of hydrogen-bond donors (Lipinski definition) is 3. The van der Waals surface area contributed by atoms with Crippen molar-refractivity contribution in [3.05, 3.63) is 23.3 Å². The highest BCUT2D eigenvalue weighted by Crippen LogP contribution is 2.65. The Kier molecular flexibility index (Phi) is 5.53. The Morgan fingerprint density at radius 3 is 2.13 bits per heavy atom. The van der Waals surface area contributed by atoms with E-state index in [4.69, 9.17) is 9.47 Å². The van der Waals surface area contributed by atoms with Gasteiger partial charge in [0.1, 0.15) is 18.3 Å². The molecule has 2 fully saturated rings. The third-order valence-electron chi connectivity index (χ3n) is 7.61. The molecule has 0 saturated heterocycles. The first-order valence-corrected chi connectivity index (χ1v) is 10.5. The summed E-state index contributed by atoms with van der Waals surface area (Å²) in [5, 5.41) is 33.7. The van der Waals surface area contributed by atoms with E-state index in [1.165, 1.54) is 27.7 Å². The zero-order valence-corrected chi connectivity index (χ0v) is 18.9. The number of fused-ring (bicyclic) bond motifs is 2. The molecule has 0 aliphatic heterocycles. The van der Waals surface area contributed by atoms with Gasteiger partial charge in [0.05, 0.1) is 17.1 Å². The molecular formula is C23H32O8. The SMILES string of the molecule is C=C1C(O)CC2(C)C(OC(C)=O)C(O)C3=C(C)C(=O)CC3(C(C)(C)O)C(OC(C)=O)C12. The summed E-state index contributed by atoms with van der Waals surface area (Å²) in [7, 11) is 0. The van der Waals surface area contributed by atoms with E-state index >= 15 is 0 Å². The van der Waals surface area contributed by atoms with Crippen molar-refractivity contribution in [2.45, 2.75) is 84.4 Å². The van der Waals surface area contributed by atoms with Crippen LogP contribution in [0.25, 0.3) is 0 Å². The maximum absolute atomic E-state index is 12.9. The van der Waals surface area contributed by atoms with Gasteiger partial charge in [-0.3, -0.25) is 14.4 Å². The van der Waals surface area contributed by atoms with Crippen molar-refractivity contribution in [1.82, 2.24) is 0 Å². The second kappa shape index (κ2) is 7.25. The highest BCUT2D eigenvalue weighted by Gasteiger charge is 2.71. The molecule has 172 valence electrons. The van der Waals surface area contributed by atoms with Crippen molar-refractivity contribution in [3.63, 3.8) is 0 Å². The molecule has 0 spiro atoms. The highest BCUT2D eigenvalue weighted by atomic mass is 16.6. The first kappa shape index (κ1) is 23.6. The van der Waals surface area contributed by atoms with Crippen LogP contribution in [0.1, 0.15) is 54.4 Å². The quantitative estimate of drug-likeness (QED) is 0.445. The average Bonchev–Trinajstić information content (AvgIpc) is 2.99. The second-order valence-electron chi connectivity index (χ2n) is 9.95. The summed E-state index contributed by atoms with van der Waals surface area (Å²) in [4.78, 5) is 37.2. The molecule has 8 nitrogen and oxygen atoms in total. The van der Waals surface area contributed by atoms with Crippen LogP contribution >= 0.6 is 0 Å². The Labute approximate surface area is 181 Å². The summed E-state index contributed by atoms with van der Waals surface area (Å²) in [6.45, 7) is 12.7. The minimum Gasteiger partial charge on any atom is -0.461 e. The number of ketones is 1. The fraction of sp³-hybridized carbons (Fsp3) is 0.696. The number of carbonyl (C=O) groups is 3. The van der Waals surface area contributed by atoms with E-state index in [9.17, 15) is 29.7 Å². The number of carbonyl (C=O) groups excluding carboxylic acids is 3. The molecule has 0 radical (unpaired) electrons. The van der Waals surface area contributed by atoms with Crippen molar-refractivity contribution >= 4 is 17.7 Å². The van der Waals surface area contributed by atoms with Crippen LogP contribution in [0, 0.1) is 16.7 Å². The van der Waals surface area contributed by atoms with E-state index in [0.717, 1.165) is 0 Å². The topological polar surface area (TPSA) is 130 Å². The van der Waals surface area contributed by atoms with Gasteiger partial charge in [-0.15, -0.1) is 0 Å². The average molecular weight is 437 g/mol. The van der Waals surface area contributed by atoms with Crippen LogP contribution in [0.5, 0.6) is 0 Å². The van der Waals surface area contributed by atoms with Gasteiger partial charge in [0.25, 0.3) is 0 Å². The molecule has 3 rings (SSSR count). The van der Waals surface area contributed by atoms with E-state index in [2.05, 4.69) is 6.58 Å². The summed E-state index contributed by atoms with van der Waals surface area (Å²) in [5.74, 6) is -2.36. The van der Waals surface area contributed by atoms with E-state index in [1.807, 2.05) is 0 Å². The molecule has 7 atom stereocenters. The zero-order valence-electron chi connectivity index (χ0n) is 18.9. The van der Waals surface area contributed by atoms with Gasteiger partial charge in [-0.05, 0) is 43.9 Å². The molecule has 3 aliphatic rings. The van der Waals surface area contributed by atoms with E-state index < -0.39 is 58.7 Å². The number of aliphatic hydroxyl groups is 3. The van der Waals surface area contributed by atoms with Crippen LogP contribution < -0.4 is 0 Å². The maximum Gasteiger partial charge on any atom is 0.303 e. The summed E-state index contributed by atoms with van der Waals surface area (Å²) in [6.07, 6.45) is -4.82. The molecule has 0 bridgehead atoms. The minimum absolute atomic E-state index is 0.103. The van der Waals surface area contributed by atoms with Crippen LogP contribution in [0.3, 0.4) is 0 Å². The number of aliphatic hydroxyl groups excluding tert-OH is 2. The van der Waals surface area contributed by atoms with Gasteiger partial charge >= 0.3 is 11.9 Å². The molecule has 3 N–H and O–H groups in total. The Balaban J connectivity index is 2.43. The number of Topliss-reactive ketones (excluding diaryl/α,β-unsaturated/α-hetero) is 1. The van der Waals surface area contributed by atoms with Crippen LogP contribution in [-0.2, 0) is 23.9 Å². The van der Waals surface area contributed by atoms with Crippen molar-refractivity contribution in [3.8, 4) is 0 Å². The third-order valence-corrected chi connectivity index (χ3v) is 7.61. The third kappa shape index (κ3) is 3.18. The molecule has 2 saturated carbocycles. The standard InChI is InChI=1S/C23H32O8/c1-10-15(27)9-23(21(5,6)29)16(10)18(28)20(31-13(4)25)22(7)8-14(26)11(2)17(22)19(23)30-12(3)24/h14,17-20,26,28-29H,2,8-9H2,1,3-7H3. The van der Waals surface area contributed by atoms with Gasteiger partial charge in [-0.2, -0.15) is 0 Å². The van der Waals surface area contributed by atoms with Gasteiger partial charge in [-0.25, -0.2) is 0 Å². The maximum atomic E-state index is 12.9. The smallest absolute Gasteiger partial charge is 0.303 e. The number of esters is 2. The number of hydrogen-bond acceptors (Lipinski definition) is 8. The van der Waals surface area contributed by atoms with Crippen LogP contribution in [0.2, 0.25) is 0 Å². The Bertz CT molecular complexity index is 880. The molecule has 3 aliphatic carbocycles. The Morgan fingerprint density at radius 2 is 1.65 bits per heavy atom. The molecule has 0 aromatic rings. The van der Waals surface area contributed by atoms with Gasteiger partial charge in [0, 0.05) is 31.6 Å². The summed E-state index contributed by atoms with van der Waals surface area (Å²) in [6, 6.07) is 0. The first-order valence-electron chi connectivity index (χ1n) is 10.5. The molecule has 0 aromatic heterocycles. The first-order chi connectivity index (χ1) is 14.1. The highest BCUT2D eigenvalue weighted by molar-refractivity contribution is 6.00. The minimum atomic E-state index is -1.61. The lowest BCUT2D eigenvalue weighted by Crippen LogP contribution is -2.57. The molecule has 7 unspecified atom stereocenters. The van der Waals surface area contributed by atoms with E-state index in [1.54, 1.807) is 13.8 Å². The van der Waals surface area contributed by atoms with Crippen LogP contribution in [0.4, 0.5) is 0 Å². The molecule has 0 heterocycles. The van der Waals surface area contributed by atoms with E-state index in [-0.39, 0.29) is 29.8 Å². The Morgan fingerprint density at radius 1 is 1.13 bits per heavy atom. The van der Waals surface area contributed by atoms with E-state index in [0.29, 0.717) is 5.57 Å². The Hall–Kier alpha value is -2.03. The monoisotopic (exact) mass is 436 g/mol. The normalized spacial score (nSPS) is 40.4. The van der Waals surface area contributed by atoms with Crippen LogP contribution in [0.15, 0.2) is 23.3 Å².